The smallest absolute Gasteiger partial charge is 0.235 e. The maximum absolute atomic E-state index is 11.9. The van der Waals surface area contributed by atoms with Crippen LogP contribution < -0.4 is 5.73 Å². The topological polar surface area (TPSA) is 80.5 Å². The summed E-state index contributed by atoms with van der Waals surface area (Å²) in [7, 11) is -3.32. The van der Waals surface area contributed by atoms with Crippen molar-refractivity contribution in [3.8, 4) is 0 Å². The van der Waals surface area contributed by atoms with E-state index in [-0.39, 0.29) is 11.7 Å². The summed E-state index contributed by atoms with van der Waals surface area (Å²) < 4.78 is 25.0. The molecule has 0 bridgehead atoms. The Morgan fingerprint density at radius 1 is 1.53 bits per heavy atom. The maximum Gasteiger partial charge on any atom is 0.235 e. The van der Waals surface area contributed by atoms with Gasteiger partial charge in [0.1, 0.15) is 6.04 Å². The van der Waals surface area contributed by atoms with Gasteiger partial charge in [-0.25, -0.2) is 8.42 Å². The summed E-state index contributed by atoms with van der Waals surface area (Å²) in [5.41, 5.74) is 5.17. The van der Waals surface area contributed by atoms with Crippen LogP contribution in [0.2, 0.25) is 0 Å². The third-order valence-electron chi connectivity index (χ3n) is 2.43. The second-order valence-electron chi connectivity index (χ2n) is 4.34. The molecule has 1 aliphatic rings. The first kappa shape index (κ1) is 12.4. The van der Waals surface area contributed by atoms with Gasteiger partial charge in [0.2, 0.25) is 15.9 Å². The molecule has 0 aliphatic carbocycles. The molecule has 0 aromatic rings. The summed E-state index contributed by atoms with van der Waals surface area (Å²) >= 11 is 0. The van der Waals surface area contributed by atoms with E-state index in [4.69, 9.17) is 5.73 Å². The van der Waals surface area contributed by atoms with Gasteiger partial charge in [-0.15, -0.1) is 0 Å². The van der Waals surface area contributed by atoms with Crippen molar-refractivity contribution in [2.45, 2.75) is 32.7 Å². The van der Waals surface area contributed by atoms with Gasteiger partial charge in [-0.2, -0.15) is 4.31 Å². The fraction of sp³-hybridized carbons (Fsp3) is 0.889. The van der Waals surface area contributed by atoms with Gasteiger partial charge in [0.25, 0.3) is 0 Å². The second kappa shape index (κ2) is 4.49. The zero-order chi connectivity index (χ0) is 11.6. The molecule has 0 aromatic carbocycles. The molecule has 1 fully saturated rings. The molecule has 15 heavy (non-hydrogen) atoms. The van der Waals surface area contributed by atoms with Crippen LogP contribution in [0.1, 0.15) is 26.7 Å². The standard InChI is InChI=1S/C9H18N2O3S/c1-7(2)6-15(13,14)11-5-3-4-8(11)9(10)12/h7-8H,3-6H2,1-2H3,(H2,10,12)/t8-/m0/s1. The van der Waals surface area contributed by atoms with Crippen molar-refractivity contribution >= 4 is 15.9 Å². The van der Waals surface area contributed by atoms with E-state index < -0.39 is 22.0 Å². The first-order valence-corrected chi connectivity index (χ1v) is 6.74. The fourth-order valence-corrected chi connectivity index (χ4v) is 3.91. The Labute approximate surface area is 90.7 Å². The van der Waals surface area contributed by atoms with Crippen molar-refractivity contribution in [3.05, 3.63) is 0 Å². The molecule has 0 radical (unpaired) electrons. The minimum Gasteiger partial charge on any atom is -0.368 e. The Kier molecular flexibility index (Phi) is 3.72. The Morgan fingerprint density at radius 2 is 2.13 bits per heavy atom. The number of amides is 1. The van der Waals surface area contributed by atoms with Gasteiger partial charge in [-0.3, -0.25) is 4.79 Å². The van der Waals surface area contributed by atoms with Crippen LogP contribution >= 0.6 is 0 Å². The van der Waals surface area contributed by atoms with E-state index in [9.17, 15) is 13.2 Å². The zero-order valence-electron chi connectivity index (χ0n) is 9.14. The van der Waals surface area contributed by atoms with E-state index >= 15 is 0 Å². The normalized spacial score (nSPS) is 23.5. The number of sulfonamides is 1. The lowest BCUT2D eigenvalue weighted by atomic mass is 10.2. The predicted molar refractivity (Wildman–Crippen MR) is 57.5 cm³/mol. The molecule has 0 saturated carbocycles. The third-order valence-corrected chi connectivity index (χ3v) is 4.67. The van der Waals surface area contributed by atoms with Gasteiger partial charge in [-0.05, 0) is 18.8 Å². The Balaban J connectivity index is 2.82. The quantitative estimate of drug-likeness (QED) is 0.739. The first-order chi connectivity index (χ1) is 6.84. The average molecular weight is 234 g/mol. The third kappa shape index (κ3) is 2.92. The molecule has 1 atom stereocenters. The van der Waals surface area contributed by atoms with E-state index in [0.717, 1.165) is 0 Å². The molecule has 1 heterocycles. The summed E-state index contributed by atoms with van der Waals surface area (Å²) in [4.78, 5) is 11.1. The van der Waals surface area contributed by atoms with Gasteiger partial charge < -0.3 is 5.73 Å². The molecule has 1 saturated heterocycles. The Bertz CT molecular complexity index is 337. The van der Waals surface area contributed by atoms with Crippen LogP contribution in [0.15, 0.2) is 0 Å². The van der Waals surface area contributed by atoms with E-state index in [0.29, 0.717) is 19.4 Å². The lowest BCUT2D eigenvalue weighted by Crippen LogP contribution is -2.45. The highest BCUT2D eigenvalue weighted by Gasteiger charge is 2.37. The summed E-state index contributed by atoms with van der Waals surface area (Å²) in [6.07, 6.45) is 1.26. The van der Waals surface area contributed by atoms with E-state index in [1.54, 1.807) is 0 Å². The lowest BCUT2D eigenvalue weighted by molar-refractivity contribution is -0.121. The summed E-state index contributed by atoms with van der Waals surface area (Å²) in [5.74, 6) is -0.402. The van der Waals surface area contributed by atoms with Crippen molar-refractivity contribution in [1.29, 1.82) is 0 Å². The van der Waals surface area contributed by atoms with Crippen LogP contribution in [0.25, 0.3) is 0 Å². The van der Waals surface area contributed by atoms with Crippen LogP contribution in [-0.2, 0) is 14.8 Å². The molecule has 1 aliphatic heterocycles. The molecule has 88 valence electrons. The number of hydrogen-bond acceptors (Lipinski definition) is 3. The highest BCUT2D eigenvalue weighted by atomic mass is 32.2. The Morgan fingerprint density at radius 3 is 2.60 bits per heavy atom. The maximum atomic E-state index is 11.9. The molecule has 0 aromatic heterocycles. The van der Waals surface area contributed by atoms with Crippen molar-refractivity contribution in [2.75, 3.05) is 12.3 Å². The Hall–Kier alpha value is -0.620. The minimum absolute atomic E-state index is 0.0594. The van der Waals surface area contributed by atoms with Crippen molar-refractivity contribution < 1.29 is 13.2 Å². The number of rotatable bonds is 4. The van der Waals surface area contributed by atoms with Gasteiger partial charge in [0.05, 0.1) is 5.75 Å². The highest BCUT2D eigenvalue weighted by molar-refractivity contribution is 7.89. The first-order valence-electron chi connectivity index (χ1n) is 5.13. The second-order valence-corrected chi connectivity index (χ2v) is 6.31. The molecule has 1 rings (SSSR count). The van der Waals surface area contributed by atoms with Crippen molar-refractivity contribution in [1.82, 2.24) is 4.31 Å². The van der Waals surface area contributed by atoms with Crippen molar-refractivity contribution in [2.24, 2.45) is 11.7 Å². The summed E-state index contributed by atoms with van der Waals surface area (Å²) in [6, 6.07) is -0.631. The van der Waals surface area contributed by atoms with Crippen LogP contribution in [0.5, 0.6) is 0 Å². The van der Waals surface area contributed by atoms with Crippen molar-refractivity contribution in [3.63, 3.8) is 0 Å². The molecule has 0 unspecified atom stereocenters. The van der Waals surface area contributed by atoms with E-state index in [1.807, 2.05) is 13.8 Å². The largest absolute Gasteiger partial charge is 0.368 e. The molecular formula is C9H18N2O3S. The fourth-order valence-electron chi connectivity index (χ4n) is 1.87. The molecular weight excluding hydrogens is 216 g/mol. The summed E-state index contributed by atoms with van der Waals surface area (Å²) in [6.45, 7) is 4.10. The predicted octanol–water partition coefficient (Wildman–Crippen LogP) is -0.0781. The summed E-state index contributed by atoms with van der Waals surface area (Å²) in [5, 5.41) is 0. The SMILES string of the molecule is CC(C)CS(=O)(=O)N1CCC[C@H]1C(N)=O. The minimum atomic E-state index is -3.32. The molecule has 2 N–H and O–H groups in total. The van der Waals surface area contributed by atoms with E-state index in [2.05, 4.69) is 0 Å². The molecule has 1 amide bonds. The lowest BCUT2D eigenvalue weighted by Gasteiger charge is -2.22. The van der Waals surface area contributed by atoms with E-state index in [1.165, 1.54) is 4.31 Å². The molecule has 5 nitrogen and oxygen atoms in total. The molecule has 6 heteroatoms. The zero-order valence-corrected chi connectivity index (χ0v) is 9.96. The van der Waals surface area contributed by atoms with Gasteiger partial charge in [0.15, 0.2) is 0 Å². The average Bonchev–Trinajstić information content (AvgIpc) is 2.48. The number of carbonyl (C=O) groups excluding carboxylic acids is 1. The monoisotopic (exact) mass is 234 g/mol. The van der Waals surface area contributed by atoms with Crippen LogP contribution in [0.4, 0.5) is 0 Å². The molecule has 0 spiro atoms. The number of hydrogen-bond donors (Lipinski definition) is 1. The highest BCUT2D eigenvalue weighted by Crippen LogP contribution is 2.22. The van der Waals surface area contributed by atoms with Crippen LogP contribution in [-0.4, -0.2) is 37.0 Å². The van der Waals surface area contributed by atoms with Gasteiger partial charge in [-0.1, -0.05) is 13.8 Å². The van der Waals surface area contributed by atoms with Crippen LogP contribution in [0, 0.1) is 5.92 Å². The van der Waals surface area contributed by atoms with Gasteiger partial charge in [0, 0.05) is 6.54 Å². The number of nitrogens with two attached hydrogens (primary N) is 1. The van der Waals surface area contributed by atoms with Crippen LogP contribution in [0.3, 0.4) is 0 Å². The number of nitrogens with zero attached hydrogens (tertiary/aromatic N) is 1. The van der Waals surface area contributed by atoms with Gasteiger partial charge >= 0.3 is 0 Å². The number of carbonyl (C=O) groups is 1. The number of primary amides is 1.